The van der Waals surface area contributed by atoms with Gasteiger partial charge in [-0.1, -0.05) is 42.5 Å². The van der Waals surface area contributed by atoms with Crippen molar-refractivity contribution in [3.63, 3.8) is 0 Å². The van der Waals surface area contributed by atoms with Gasteiger partial charge in [-0.3, -0.25) is 9.78 Å². The lowest BCUT2D eigenvalue weighted by Crippen LogP contribution is -2.09. The first-order valence-electron chi connectivity index (χ1n) is 8.09. The highest BCUT2D eigenvalue weighted by atomic mass is 19.4. The molecule has 0 aliphatic heterocycles. The van der Waals surface area contributed by atoms with Crippen molar-refractivity contribution in [3.8, 4) is 11.3 Å². The molecule has 2 aromatic carbocycles. The lowest BCUT2D eigenvalue weighted by molar-refractivity contribution is -0.136. The highest BCUT2D eigenvalue weighted by molar-refractivity contribution is 6.16. The smallest absolute Gasteiger partial charge is 0.418 e. The van der Waals surface area contributed by atoms with Crippen molar-refractivity contribution in [3.05, 3.63) is 89.8 Å². The molecule has 0 aliphatic rings. The average molecular weight is 367 g/mol. The topological polar surface area (TPSA) is 43.1 Å². The molecule has 3 nitrogen and oxygen atoms in total. The van der Waals surface area contributed by atoms with Crippen LogP contribution in [-0.2, 0) is 6.18 Å². The summed E-state index contributed by atoms with van der Waals surface area (Å²) in [7, 11) is 0. The zero-order valence-electron chi connectivity index (χ0n) is 13.8. The number of para-hydroxylation sites is 1. The minimum absolute atomic E-state index is 0.183. The third kappa shape index (κ3) is 2.99. The summed E-state index contributed by atoms with van der Waals surface area (Å²) in [5.74, 6) is -0.0326. The summed E-state index contributed by atoms with van der Waals surface area (Å²) in [6.07, 6.45) is -1.96. The molecule has 0 saturated carbocycles. The second-order valence-electron chi connectivity index (χ2n) is 5.92. The minimum Gasteiger partial charge on any atom is -0.464 e. The molecule has 134 valence electrons. The summed E-state index contributed by atoms with van der Waals surface area (Å²) in [5.41, 5.74) is -0.182. The van der Waals surface area contributed by atoms with E-state index in [4.69, 9.17) is 4.42 Å². The van der Waals surface area contributed by atoms with Crippen molar-refractivity contribution < 1.29 is 22.4 Å². The molecule has 4 rings (SSSR count). The van der Waals surface area contributed by atoms with Gasteiger partial charge >= 0.3 is 6.18 Å². The largest absolute Gasteiger partial charge is 0.464 e. The first-order valence-corrected chi connectivity index (χ1v) is 8.09. The number of hydrogen-bond acceptors (Lipinski definition) is 3. The van der Waals surface area contributed by atoms with E-state index in [1.54, 1.807) is 42.5 Å². The third-order valence-electron chi connectivity index (χ3n) is 4.25. The molecule has 27 heavy (non-hydrogen) atoms. The van der Waals surface area contributed by atoms with Crippen molar-refractivity contribution in [1.82, 2.24) is 4.98 Å². The number of carbonyl (C=O) groups excluding carboxylic acids is 1. The lowest BCUT2D eigenvalue weighted by Gasteiger charge is -2.14. The third-order valence-corrected chi connectivity index (χ3v) is 4.25. The van der Waals surface area contributed by atoms with E-state index >= 15 is 0 Å². The number of pyridine rings is 1. The van der Waals surface area contributed by atoms with Gasteiger partial charge in [-0.15, -0.1) is 0 Å². The van der Waals surface area contributed by atoms with E-state index in [2.05, 4.69) is 4.98 Å². The van der Waals surface area contributed by atoms with Crippen molar-refractivity contribution in [2.24, 2.45) is 0 Å². The maximum Gasteiger partial charge on any atom is 0.418 e. The molecule has 0 N–H and O–H groups in total. The van der Waals surface area contributed by atoms with E-state index in [1.165, 1.54) is 24.6 Å². The van der Waals surface area contributed by atoms with Crippen LogP contribution in [0.2, 0.25) is 0 Å². The van der Waals surface area contributed by atoms with Crippen LogP contribution in [0.15, 0.2) is 77.5 Å². The molecule has 6 heteroatoms. The molecule has 0 radical (unpaired) electrons. The second kappa shape index (κ2) is 6.39. The van der Waals surface area contributed by atoms with Gasteiger partial charge in [-0.25, -0.2) is 0 Å². The molecule has 4 aromatic rings. The maximum absolute atomic E-state index is 13.4. The first-order chi connectivity index (χ1) is 13.0. The summed E-state index contributed by atoms with van der Waals surface area (Å²) < 4.78 is 45.6. The minimum atomic E-state index is -4.56. The molecule has 0 fully saturated rings. The number of fused-ring (bicyclic) bond motifs is 1. The van der Waals surface area contributed by atoms with Gasteiger partial charge < -0.3 is 4.42 Å². The van der Waals surface area contributed by atoms with Crippen LogP contribution in [0.4, 0.5) is 13.2 Å². The Morgan fingerprint density at radius 3 is 2.37 bits per heavy atom. The monoisotopic (exact) mass is 367 g/mol. The van der Waals surface area contributed by atoms with Crippen molar-refractivity contribution in [2.45, 2.75) is 6.18 Å². The molecule has 0 bridgehead atoms. The Morgan fingerprint density at radius 2 is 1.70 bits per heavy atom. The van der Waals surface area contributed by atoms with Gasteiger partial charge in [0.1, 0.15) is 5.76 Å². The Bertz CT molecular complexity index is 1120. The Kier molecular flexibility index (Phi) is 4.03. The van der Waals surface area contributed by atoms with E-state index in [0.717, 1.165) is 6.07 Å². The molecule has 0 spiro atoms. The standard InChI is InChI=1S/C21H12F3NO2/c22-21(23,24)16-9-4-8-14-18(17-10-5-11-27-17)15(12-25-19(14)16)20(26)13-6-2-1-3-7-13/h1-12H. The molecular formula is C21H12F3NO2. The Balaban J connectivity index is 2.04. The number of hydrogen-bond donors (Lipinski definition) is 0. The van der Waals surface area contributed by atoms with E-state index in [9.17, 15) is 18.0 Å². The fraction of sp³-hybridized carbons (Fsp3) is 0.0476. The van der Waals surface area contributed by atoms with Gasteiger partial charge in [0, 0.05) is 22.7 Å². The average Bonchev–Trinajstić information content (AvgIpc) is 3.20. The molecule has 0 unspecified atom stereocenters. The summed E-state index contributed by atoms with van der Waals surface area (Å²) in [6.45, 7) is 0. The Morgan fingerprint density at radius 1 is 0.926 bits per heavy atom. The van der Waals surface area contributed by atoms with E-state index in [-0.39, 0.29) is 22.2 Å². The van der Waals surface area contributed by atoms with Gasteiger partial charge in [0.25, 0.3) is 0 Å². The van der Waals surface area contributed by atoms with E-state index in [0.29, 0.717) is 16.9 Å². The van der Waals surface area contributed by atoms with E-state index in [1.807, 2.05) is 0 Å². The van der Waals surface area contributed by atoms with Crippen molar-refractivity contribution in [1.29, 1.82) is 0 Å². The first kappa shape index (κ1) is 17.0. The van der Waals surface area contributed by atoms with Gasteiger partial charge in [-0.2, -0.15) is 13.2 Å². The summed E-state index contributed by atoms with van der Waals surface area (Å²) in [6, 6.07) is 15.5. The lowest BCUT2D eigenvalue weighted by atomic mass is 9.94. The fourth-order valence-corrected chi connectivity index (χ4v) is 3.06. The van der Waals surface area contributed by atoms with Crippen LogP contribution in [0.1, 0.15) is 21.5 Å². The summed E-state index contributed by atoms with van der Waals surface area (Å²) >= 11 is 0. The maximum atomic E-state index is 13.4. The van der Waals surface area contributed by atoms with Crippen LogP contribution in [0.5, 0.6) is 0 Å². The Hall–Kier alpha value is -3.41. The molecule has 0 aliphatic carbocycles. The second-order valence-corrected chi connectivity index (χ2v) is 5.92. The van der Waals surface area contributed by atoms with E-state index < -0.39 is 11.7 Å². The number of carbonyl (C=O) groups is 1. The van der Waals surface area contributed by atoms with Crippen molar-refractivity contribution in [2.75, 3.05) is 0 Å². The zero-order valence-corrected chi connectivity index (χ0v) is 13.8. The molecule has 2 heterocycles. The normalized spacial score (nSPS) is 11.7. The number of alkyl halides is 3. The number of furan rings is 1. The number of halogens is 3. The predicted octanol–water partition coefficient (Wildman–Crippen LogP) is 5.74. The summed E-state index contributed by atoms with van der Waals surface area (Å²) in [4.78, 5) is 17.0. The predicted molar refractivity (Wildman–Crippen MR) is 94.3 cm³/mol. The molecule has 2 aromatic heterocycles. The molecule has 0 amide bonds. The molecule has 0 atom stereocenters. The van der Waals surface area contributed by atoms with Crippen LogP contribution < -0.4 is 0 Å². The van der Waals surface area contributed by atoms with Crippen LogP contribution in [-0.4, -0.2) is 10.8 Å². The highest BCUT2D eigenvalue weighted by Crippen LogP contribution is 2.39. The number of rotatable bonds is 3. The van der Waals surface area contributed by atoms with Crippen LogP contribution >= 0.6 is 0 Å². The number of benzene rings is 2. The number of aromatic nitrogens is 1. The zero-order chi connectivity index (χ0) is 19.0. The van der Waals surface area contributed by atoms with Gasteiger partial charge in [-0.05, 0) is 18.2 Å². The fourth-order valence-electron chi connectivity index (χ4n) is 3.06. The van der Waals surface area contributed by atoms with Gasteiger partial charge in [0.15, 0.2) is 5.78 Å². The summed E-state index contributed by atoms with van der Waals surface area (Å²) in [5, 5.41) is 0.210. The number of ketones is 1. The number of nitrogens with zero attached hydrogens (tertiary/aromatic N) is 1. The van der Waals surface area contributed by atoms with Crippen molar-refractivity contribution >= 4 is 16.7 Å². The van der Waals surface area contributed by atoms with Gasteiger partial charge in [0.05, 0.1) is 22.9 Å². The quantitative estimate of drug-likeness (QED) is 0.433. The van der Waals surface area contributed by atoms with Crippen LogP contribution in [0, 0.1) is 0 Å². The van der Waals surface area contributed by atoms with Crippen LogP contribution in [0.3, 0.4) is 0 Å². The molecular weight excluding hydrogens is 355 g/mol. The van der Waals surface area contributed by atoms with Gasteiger partial charge in [0.2, 0.25) is 0 Å². The SMILES string of the molecule is O=C(c1ccccc1)c1cnc2c(C(F)(F)F)cccc2c1-c1ccco1. The highest BCUT2D eigenvalue weighted by Gasteiger charge is 2.34. The molecule has 0 saturated heterocycles. The Labute approximate surface area is 152 Å². The van der Waals surface area contributed by atoms with Crippen LogP contribution in [0.25, 0.3) is 22.2 Å².